The van der Waals surface area contributed by atoms with Crippen LogP contribution < -0.4 is 5.73 Å². The maximum Gasteiger partial charge on any atom is 0.267 e. The number of carbonyl (C=O) groups is 2. The highest BCUT2D eigenvalue weighted by atomic mass is 35.5. The minimum absolute atomic E-state index is 0.170. The van der Waals surface area contributed by atoms with Gasteiger partial charge in [-0.1, -0.05) is 17.7 Å². The van der Waals surface area contributed by atoms with Gasteiger partial charge in [-0.2, -0.15) is 15.5 Å². The molecule has 2 aromatic heterocycles. The number of halogens is 1. The summed E-state index contributed by atoms with van der Waals surface area (Å²) in [5.74, 6) is -0.896. The number of hydrogen-bond acceptors (Lipinski definition) is 5. The molecule has 0 radical (unpaired) electrons. The number of primary amides is 1. The zero-order valence-corrected chi connectivity index (χ0v) is 16.0. The molecule has 3 rings (SSSR count). The third-order valence-electron chi connectivity index (χ3n) is 4.24. The molecule has 0 saturated heterocycles. The predicted octanol–water partition coefficient (Wildman–Crippen LogP) is 2.83. The van der Waals surface area contributed by atoms with E-state index in [0.29, 0.717) is 22.8 Å². The summed E-state index contributed by atoms with van der Waals surface area (Å²) >= 11 is 6.09. The normalized spacial score (nSPS) is 11.8. The standard InChI is InChI=1S/C19H17ClN6O2/c1-11(26-18(19(22)28)8-17(24-26)12(2)27)10-25-6-5-16(23-25)13-3-4-14(9-21)15(20)7-13/h3-8,11H,10H2,1-2H3,(H2,22,28)/t11-/m1/s1. The molecule has 0 aliphatic heterocycles. The molecule has 0 fully saturated rings. The Kier molecular flexibility index (Phi) is 5.29. The van der Waals surface area contributed by atoms with E-state index in [0.717, 1.165) is 5.56 Å². The van der Waals surface area contributed by atoms with E-state index in [4.69, 9.17) is 22.6 Å². The van der Waals surface area contributed by atoms with E-state index in [1.54, 1.807) is 29.1 Å². The van der Waals surface area contributed by atoms with E-state index < -0.39 is 5.91 Å². The van der Waals surface area contributed by atoms with Gasteiger partial charge in [-0.25, -0.2) is 0 Å². The average molecular weight is 397 g/mol. The zero-order valence-electron chi connectivity index (χ0n) is 15.3. The Morgan fingerprint density at radius 3 is 2.64 bits per heavy atom. The second kappa shape index (κ2) is 7.66. The first-order valence-electron chi connectivity index (χ1n) is 8.44. The highest BCUT2D eigenvalue weighted by Gasteiger charge is 2.19. The van der Waals surface area contributed by atoms with Crippen LogP contribution in [0, 0.1) is 11.3 Å². The van der Waals surface area contributed by atoms with Crippen molar-refractivity contribution in [1.82, 2.24) is 19.6 Å². The van der Waals surface area contributed by atoms with Gasteiger partial charge in [0.05, 0.1) is 28.9 Å². The molecule has 0 aliphatic carbocycles. The molecular weight excluding hydrogens is 380 g/mol. The molecule has 1 amide bonds. The first-order valence-corrected chi connectivity index (χ1v) is 8.81. The summed E-state index contributed by atoms with van der Waals surface area (Å²) in [6.45, 7) is 3.64. The van der Waals surface area contributed by atoms with Crippen LogP contribution in [0.1, 0.15) is 46.4 Å². The third kappa shape index (κ3) is 3.80. The van der Waals surface area contributed by atoms with Gasteiger partial charge in [0.2, 0.25) is 0 Å². The van der Waals surface area contributed by atoms with Crippen LogP contribution in [0.5, 0.6) is 0 Å². The fourth-order valence-corrected chi connectivity index (χ4v) is 3.04. The van der Waals surface area contributed by atoms with Crippen molar-refractivity contribution in [2.45, 2.75) is 26.4 Å². The van der Waals surface area contributed by atoms with Gasteiger partial charge >= 0.3 is 0 Å². The Morgan fingerprint density at radius 2 is 2.04 bits per heavy atom. The first kappa shape index (κ1) is 19.3. The van der Waals surface area contributed by atoms with Crippen LogP contribution in [-0.2, 0) is 6.54 Å². The summed E-state index contributed by atoms with van der Waals surface area (Å²) in [7, 11) is 0. The smallest absolute Gasteiger partial charge is 0.267 e. The van der Waals surface area contributed by atoms with Crippen LogP contribution in [0.2, 0.25) is 5.02 Å². The topological polar surface area (TPSA) is 120 Å². The minimum Gasteiger partial charge on any atom is -0.364 e. The summed E-state index contributed by atoms with van der Waals surface area (Å²) in [6, 6.07) is 10.1. The zero-order chi connectivity index (χ0) is 20.4. The fraction of sp³-hybridized carbons (Fsp3) is 0.211. The van der Waals surface area contributed by atoms with Crippen molar-refractivity contribution in [2.75, 3.05) is 0 Å². The Hall–Kier alpha value is -3.44. The highest BCUT2D eigenvalue weighted by Crippen LogP contribution is 2.24. The van der Waals surface area contributed by atoms with Crippen molar-refractivity contribution in [3.63, 3.8) is 0 Å². The molecule has 0 saturated carbocycles. The summed E-state index contributed by atoms with van der Waals surface area (Å²) < 4.78 is 3.14. The lowest BCUT2D eigenvalue weighted by Gasteiger charge is -2.14. The van der Waals surface area contributed by atoms with Gasteiger partial charge in [0.25, 0.3) is 5.91 Å². The lowest BCUT2D eigenvalue weighted by atomic mass is 10.1. The van der Waals surface area contributed by atoms with Crippen LogP contribution in [0.3, 0.4) is 0 Å². The number of amides is 1. The summed E-state index contributed by atoms with van der Waals surface area (Å²) in [5, 5.41) is 18.0. The largest absolute Gasteiger partial charge is 0.364 e. The number of Topliss-reactive ketones (excluding diaryl/α,β-unsaturated/α-hetero) is 1. The van der Waals surface area contributed by atoms with Gasteiger partial charge in [0.1, 0.15) is 17.5 Å². The third-order valence-corrected chi connectivity index (χ3v) is 4.56. The number of nitriles is 1. The van der Waals surface area contributed by atoms with E-state index in [9.17, 15) is 9.59 Å². The number of nitrogens with zero attached hydrogens (tertiary/aromatic N) is 5. The Morgan fingerprint density at radius 1 is 1.29 bits per heavy atom. The molecule has 0 unspecified atom stereocenters. The van der Waals surface area contributed by atoms with Gasteiger partial charge in [0.15, 0.2) is 5.78 Å². The van der Waals surface area contributed by atoms with Crippen molar-refractivity contribution in [3.05, 3.63) is 58.5 Å². The van der Waals surface area contributed by atoms with Gasteiger partial charge in [-0.15, -0.1) is 0 Å². The van der Waals surface area contributed by atoms with Crippen molar-refractivity contribution < 1.29 is 9.59 Å². The van der Waals surface area contributed by atoms with E-state index >= 15 is 0 Å². The Bertz CT molecular complexity index is 1110. The van der Waals surface area contributed by atoms with Gasteiger partial charge in [-0.05, 0) is 25.1 Å². The highest BCUT2D eigenvalue weighted by molar-refractivity contribution is 6.32. The average Bonchev–Trinajstić information content (AvgIpc) is 3.29. The Balaban J connectivity index is 1.84. The molecule has 142 valence electrons. The second-order valence-corrected chi connectivity index (χ2v) is 6.77. The summed E-state index contributed by atoms with van der Waals surface area (Å²) in [6.07, 6.45) is 1.79. The van der Waals surface area contributed by atoms with Gasteiger partial charge < -0.3 is 5.73 Å². The number of benzene rings is 1. The molecule has 0 aliphatic rings. The second-order valence-electron chi connectivity index (χ2n) is 6.36. The van der Waals surface area contributed by atoms with Crippen molar-refractivity contribution in [2.24, 2.45) is 5.73 Å². The number of rotatable bonds is 6. The van der Waals surface area contributed by atoms with E-state index in [2.05, 4.69) is 10.2 Å². The molecule has 1 atom stereocenters. The minimum atomic E-state index is -0.653. The molecule has 2 N–H and O–H groups in total. The SMILES string of the molecule is CC(=O)c1cc(C(N)=O)n([C@H](C)Cn2ccc(-c3ccc(C#N)c(Cl)c3)n2)n1. The summed E-state index contributed by atoms with van der Waals surface area (Å²) in [5.41, 5.74) is 7.64. The molecule has 3 aromatic rings. The van der Waals surface area contributed by atoms with Gasteiger partial charge in [0, 0.05) is 24.8 Å². The van der Waals surface area contributed by atoms with Crippen molar-refractivity contribution in [3.8, 4) is 17.3 Å². The molecule has 1 aromatic carbocycles. The molecular formula is C19H17ClN6O2. The molecule has 8 nitrogen and oxygen atoms in total. The first-order chi connectivity index (χ1) is 13.3. The van der Waals surface area contributed by atoms with Crippen LogP contribution in [0.25, 0.3) is 11.3 Å². The number of nitrogens with two attached hydrogens (primary N) is 1. The number of aromatic nitrogens is 4. The van der Waals surface area contributed by atoms with Crippen LogP contribution in [0.15, 0.2) is 36.5 Å². The number of carbonyl (C=O) groups excluding carboxylic acids is 2. The molecule has 0 spiro atoms. The Labute approximate surface area is 166 Å². The van der Waals surface area contributed by atoms with Crippen molar-refractivity contribution >= 4 is 23.3 Å². The van der Waals surface area contributed by atoms with E-state index in [-0.39, 0.29) is 23.2 Å². The number of hydrogen-bond donors (Lipinski definition) is 1. The van der Waals surface area contributed by atoms with Gasteiger partial charge in [-0.3, -0.25) is 19.0 Å². The van der Waals surface area contributed by atoms with Crippen LogP contribution in [0.4, 0.5) is 0 Å². The molecule has 2 heterocycles. The lowest BCUT2D eigenvalue weighted by molar-refractivity contribution is 0.0983. The van der Waals surface area contributed by atoms with Crippen LogP contribution >= 0.6 is 11.6 Å². The van der Waals surface area contributed by atoms with Crippen molar-refractivity contribution in [1.29, 1.82) is 5.26 Å². The van der Waals surface area contributed by atoms with Crippen LogP contribution in [-0.4, -0.2) is 31.3 Å². The fourth-order valence-electron chi connectivity index (χ4n) is 2.82. The monoisotopic (exact) mass is 396 g/mol. The van der Waals surface area contributed by atoms with E-state index in [1.807, 2.05) is 19.1 Å². The maximum atomic E-state index is 11.7. The number of ketones is 1. The van der Waals surface area contributed by atoms with E-state index in [1.165, 1.54) is 17.7 Å². The molecule has 28 heavy (non-hydrogen) atoms. The maximum absolute atomic E-state index is 11.7. The summed E-state index contributed by atoms with van der Waals surface area (Å²) in [4.78, 5) is 23.3. The molecule has 9 heteroatoms. The quantitative estimate of drug-likeness (QED) is 0.642. The predicted molar refractivity (Wildman–Crippen MR) is 103 cm³/mol. The molecule has 0 bridgehead atoms. The lowest BCUT2D eigenvalue weighted by Crippen LogP contribution is -2.22.